The molecule has 1 radical (unpaired) electrons. The van der Waals surface area contributed by atoms with Crippen molar-refractivity contribution in [2.75, 3.05) is 44.4 Å². The SMILES string of the molecule is CCCOc1ccc(CCC(=O)N2CCOCC2)cc1C1[N]C(=O)c2c(C)n[nH]c2N1CCC. The van der Waals surface area contributed by atoms with E-state index in [9.17, 15) is 9.59 Å². The number of fused-ring (bicyclic) bond motifs is 1. The number of nitrogens with zero attached hydrogens (tertiary/aromatic N) is 4. The van der Waals surface area contributed by atoms with Gasteiger partial charge < -0.3 is 19.3 Å². The normalized spacial score (nSPS) is 18.0. The third-order valence-electron chi connectivity index (χ3n) is 6.23. The van der Waals surface area contributed by atoms with E-state index in [-0.39, 0.29) is 11.8 Å². The molecule has 2 aliphatic heterocycles. The highest BCUT2D eigenvalue weighted by Crippen LogP contribution is 2.38. The number of nitrogens with one attached hydrogen (secondary N) is 1. The van der Waals surface area contributed by atoms with E-state index in [1.165, 1.54) is 0 Å². The van der Waals surface area contributed by atoms with Gasteiger partial charge in [-0.2, -0.15) is 5.10 Å². The molecule has 34 heavy (non-hydrogen) atoms. The van der Waals surface area contributed by atoms with Crippen molar-refractivity contribution in [2.24, 2.45) is 0 Å². The average molecular weight is 469 g/mol. The van der Waals surface area contributed by atoms with Gasteiger partial charge in [0, 0.05) is 31.6 Å². The van der Waals surface area contributed by atoms with Crippen molar-refractivity contribution in [1.29, 1.82) is 0 Å². The summed E-state index contributed by atoms with van der Waals surface area (Å²) in [4.78, 5) is 29.6. The quantitative estimate of drug-likeness (QED) is 0.607. The molecule has 1 N–H and O–H groups in total. The summed E-state index contributed by atoms with van der Waals surface area (Å²) in [5.41, 5.74) is 3.05. The Labute approximate surface area is 200 Å². The van der Waals surface area contributed by atoms with Crippen LogP contribution in [0.1, 0.15) is 66.5 Å². The average Bonchev–Trinajstić information content (AvgIpc) is 3.25. The second kappa shape index (κ2) is 10.9. The third kappa shape index (κ3) is 5.04. The minimum atomic E-state index is -0.512. The van der Waals surface area contributed by atoms with E-state index in [2.05, 4.69) is 34.3 Å². The molecule has 0 saturated carbocycles. The molecule has 2 amide bonds. The molecule has 0 bridgehead atoms. The summed E-state index contributed by atoms with van der Waals surface area (Å²) in [6.45, 7) is 9.74. The smallest absolute Gasteiger partial charge is 0.280 e. The Bertz CT molecular complexity index is 1010. The largest absolute Gasteiger partial charge is 0.493 e. The number of hydrogen-bond acceptors (Lipinski definition) is 6. The number of anilines is 1. The third-order valence-corrected chi connectivity index (χ3v) is 6.23. The molecule has 1 aromatic heterocycles. The molecule has 183 valence electrons. The van der Waals surface area contributed by atoms with Crippen LogP contribution in [0.15, 0.2) is 18.2 Å². The number of H-pyrrole nitrogens is 1. The zero-order chi connectivity index (χ0) is 24.1. The highest BCUT2D eigenvalue weighted by atomic mass is 16.5. The van der Waals surface area contributed by atoms with Crippen LogP contribution in [0.2, 0.25) is 0 Å². The first kappa shape index (κ1) is 24.1. The highest BCUT2D eigenvalue weighted by Gasteiger charge is 2.37. The number of morpholine rings is 1. The van der Waals surface area contributed by atoms with Gasteiger partial charge in [0.05, 0.1) is 25.5 Å². The van der Waals surface area contributed by atoms with Crippen molar-refractivity contribution >= 4 is 17.6 Å². The molecule has 9 heteroatoms. The van der Waals surface area contributed by atoms with Gasteiger partial charge in [-0.15, -0.1) is 0 Å². The van der Waals surface area contributed by atoms with Crippen LogP contribution in [0.4, 0.5) is 5.82 Å². The van der Waals surface area contributed by atoms with Crippen molar-refractivity contribution < 1.29 is 19.1 Å². The van der Waals surface area contributed by atoms with Crippen molar-refractivity contribution in [3.05, 3.63) is 40.6 Å². The van der Waals surface area contributed by atoms with Crippen molar-refractivity contribution in [1.82, 2.24) is 20.4 Å². The molecule has 1 aromatic carbocycles. The Morgan fingerprint density at radius 2 is 2.03 bits per heavy atom. The highest BCUT2D eigenvalue weighted by molar-refractivity contribution is 6.02. The molecule has 1 saturated heterocycles. The molecule has 3 heterocycles. The Hall–Kier alpha value is -3.07. The predicted octanol–water partition coefficient (Wildman–Crippen LogP) is 2.97. The Morgan fingerprint density at radius 3 is 2.76 bits per heavy atom. The van der Waals surface area contributed by atoms with E-state index < -0.39 is 6.17 Å². The maximum Gasteiger partial charge on any atom is 0.280 e. The van der Waals surface area contributed by atoms with Crippen LogP contribution in [0, 0.1) is 6.92 Å². The molecule has 2 aliphatic rings. The molecule has 4 rings (SSSR count). The van der Waals surface area contributed by atoms with Crippen molar-refractivity contribution in [3.8, 4) is 5.75 Å². The minimum absolute atomic E-state index is 0.138. The molecule has 2 aromatic rings. The second-order valence-electron chi connectivity index (χ2n) is 8.75. The standard InChI is InChI=1S/C25H34N5O4/c1-4-10-30-23(26-25(32)22-17(3)27-28-24(22)30)19-16-18(6-8-20(19)34-13-5-2)7-9-21(31)29-11-14-33-15-12-29/h6,8,16,23H,4-5,7,9-15H2,1-3H3,(H,27,28). The Morgan fingerprint density at radius 1 is 1.24 bits per heavy atom. The molecule has 0 aliphatic carbocycles. The fourth-order valence-electron chi connectivity index (χ4n) is 4.48. The van der Waals surface area contributed by atoms with Gasteiger partial charge in [-0.1, -0.05) is 19.9 Å². The first-order chi connectivity index (χ1) is 16.5. The number of hydrogen-bond donors (Lipinski definition) is 1. The van der Waals surface area contributed by atoms with E-state index in [1.54, 1.807) is 0 Å². The van der Waals surface area contributed by atoms with Crippen LogP contribution in [-0.4, -0.2) is 66.4 Å². The van der Waals surface area contributed by atoms with Gasteiger partial charge in [0.15, 0.2) is 6.17 Å². The summed E-state index contributed by atoms with van der Waals surface area (Å²) < 4.78 is 11.4. The molecule has 1 atom stereocenters. The number of rotatable bonds is 9. The Kier molecular flexibility index (Phi) is 7.72. The van der Waals surface area contributed by atoms with E-state index in [4.69, 9.17) is 9.47 Å². The van der Waals surface area contributed by atoms with Gasteiger partial charge >= 0.3 is 0 Å². The summed E-state index contributed by atoms with van der Waals surface area (Å²) >= 11 is 0. The van der Waals surface area contributed by atoms with Crippen molar-refractivity contribution in [3.63, 3.8) is 0 Å². The number of amides is 2. The lowest BCUT2D eigenvalue weighted by Gasteiger charge is -2.36. The molecular weight excluding hydrogens is 434 g/mol. The minimum Gasteiger partial charge on any atom is -0.493 e. The molecular formula is C25H34N5O4. The Balaban J connectivity index is 1.61. The van der Waals surface area contributed by atoms with Gasteiger partial charge in [0.25, 0.3) is 5.91 Å². The number of ether oxygens (including phenoxy) is 2. The summed E-state index contributed by atoms with van der Waals surface area (Å²) in [7, 11) is 0. The lowest BCUT2D eigenvalue weighted by atomic mass is 10.00. The van der Waals surface area contributed by atoms with E-state index in [0.29, 0.717) is 75.1 Å². The molecule has 0 spiro atoms. The summed E-state index contributed by atoms with van der Waals surface area (Å²) in [5, 5.41) is 11.9. The summed E-state index contributed by atoms with van der Waals surface area (Å²) in [6, 6.07) is 5.98. The number of benzene rings is 1. The molecule has 1 unspecified atom stereocenters. The van der Waals surface area contributed by atoms with Crippen molar-refractivity contribution in [2.45, 2.75) is 52.6 Å². The first-order valence-electron chi connectivity index (χ1n) is 12.2. The summed E-state index contributed by atoms with van der Waals surface area (Å²) in [5.74, 6) is 1.29. The number of aryl methyl sites for hydroxylation is 2. The number of carbonyl (C=O) groups excluding carboxylic acids is 2. The monoisotopic (exact) mass is 468 g/mol. The predicted molar refractivity (Wildman–Crippen MR) is 128 cm³/mol. The van der Waals surface area contributed by atoms with Crippen LogP contribution >= 0.6 is 0 Å². The fraction of sp³-hybridized carbons (Fsp3) is 0.560. The zero-order valence-corrected chi connectivity index (χ0v) is 20.3. The van der Waals surface area contributed by atoms with Crippen LogP contribution < -0.4 is 15.0 Å². The first-order valence-corrected chi connectivity index (χ1v) is 12.2. The van der Waals surface area contributed by atoms with Gasteiger partial charge in [-0.05, 0) is 43.9 Å². The second-order valence-corrected chi connectivity index (χ2v) is 8.75. The number of aromatic nitrogens is 2. The van der Waals surface area contributed by atoms with E-state index in [1.807, 2.05) is 30.0 Å². The van der Waals surface area contributed by atoms with E-state index in [0.717, 1.165) is 24.0 Å². The zero-order valence-electron chi connectivity index (χ0n) is 20.3. The topological polar surface area (TPSA) is 102 Å². The lowest BCUT2D eigenvalue weighted by molar-refractivity contribution is -0.135. The van der Waals surface area contributed by atoms with Crippen LogP contribution in [0.25, 0.3) is 0 Å². The lowest BCUT2D eigenvalue weighted by Crippen LogP contribution is -2.43. The number of carbonyl (C=O) groups is 2. The summed E-state index contributed by atoms with van der Waals surface area (Å²) in [6.07, 6.45) is 2.29. The van der Waals surface area contributed by atoms with Crippen LogP contribution in [0.3, 0.4) is 0 Å². The van der Waals surface area contributed by atoms with Gasteiger partial charge in [-0.3, -0.25) is 14.7 Å². The molecule has 9 nitrogen and oxygen atoms in total. The number of aromatic amines is 1. The van der Waals surface area contributed by atoms with Gasteiger partial charge in [0.2, 0.25) is 5.91 Å². The maximum absolute atomic E-state index is 12.9. The molecule has 1 fully saturated rings. The maximum atomic E-state index is 12.9. The fourth-order valence-corrected chi connectivity index (χ4v) is 4.48. The van der Waals surface area contributed by atoms with Crippen LogP contribution in [-0.2, 0) is 16.0 Å². The van der Waals surface area contributed by atoms with Gasteiger partial charge in [-0.25, -0.2) is 5.32 Å². The van der Waals surface area contributed by atoms with E-state index >= 15 is 0 Å². The van der Waals surface area contributed by atoms with Gasteiger partial charge in [0.1, 0.15) is 17.1 Å². The van der Waals surface area contributed by atoms with Crippen LogP contribution in [0.5, 0.6) is 5.75 Å².